The van der Waals surface area contributed by atoms with Crippen LogP contribution in [-0.4, -0.2) is 35.9 Å². The van der Waals surface area contributed by atoms with E-state index in [4.69, 9.17) is 0 Å². The molecule has 2 N–H and O–H groups in total. The Morgan fingerprint density at radius 1 is 1.00 bits per heavy atom. The molecule has 1 aromatic heterocycles. The zero-order valence-corrected chi connectivity index (χ0v) is 15.3. The minimum Gasteiger partial charge on any atom is -0.349 e. The number of carbonyl (C=O) groups excluding carboxylic acids is 2. The SMILES string of the molecule is CN(C)C(=O)C[C@H](NC(=O)Nc1cccc2cccnc12)c1ccccc1. The number of amides is 3. The van der Waals surface area contributed by atoms with E-state index in [2.05, 4.69) is 15.6 Å². The first-order valence-corrected chi connectivity index (χ1v) is 8.71. The number of aromatic nitrogens is 1. The predicted octanol–water partition coefficient (Wildman–Crippen LogP) is 3.58. The number of nitrogens with one attached hydrogen (secondary N) is 2. The first-order valence-electron chi connectivity index (χ1n) is 8.71. The molecular formula is C21H22N4O2. The fraction of sp³-hybridized carbons (Fsp3) is 0.190. The smallest absolute Gasteiger partial charge is 0.319 e. The molecule has 0 unspecified atom stereocenters. The Morgan fingerprint density at radius 2 is 1.74 bits per heavy atom. The van der Waals surface area contributed by atoms with E-state index in [1.54, 1.807) is 26.4 Å². The molecule has 6 heteroatoms. The molecule has 6 nitrogen and oxygen atoms in total. The predicted molar refractivity (Wildman–Crippen MR) is 106 cm³/mol. The highest BCUT2D eigenvalue weighted by atomic mass is 16.2. The maximum Gasteiger partial charge on any atom is 0.319 e. The topological polar surface area (TPSA) is 74.3 Å². The molecule has 0 fully saturated rings. The Labute approximate surface area is 158 Å². The van der Waals surface area contributed by atoms with Crippen molar-refractivity contribution in [3.63, 3.8) is 0 Å². The van der Waals surface area contributed by atoms with Gasteiger partial charge in [0, 0.05) is 25.7 Å². The first kappa shape index (κ1) is 18.4. The van der Waals surface area contributed by atoms with E-state index in [-0.39, 0.29) is 18.4 Å². The van der Waals surface area contributed by atoms with Gasteiger partial charge in [0.25, 0.3) is 0 Å². The lowest BCUT2D eigenvalue weighted by Crippen LogP contribution is -2.36. The molecular weight excluding hydrogens is 340 g/mol. The molecule has 0 saturated heterocycles. The van der Waals surface area contributed by atoms with Crippen LogP contribution >= 0.6 is 0 Å². The lowest BCUT2D eigenvalue weighted by Gasteiger charge is -2.21. The van der Waals surface area contributed by atoms with Crippen molar-refractivity contribution >= 4 is 28.5 Å². The molecule has 3 rings (SSSR count). The molecule has 2 aromatic carbocycles. The summed E-state index contributed by atoms with van der Waals surface area (Å²) in [5, 5.41) is 6.70. The first-order chi connectivity index (χ1) is 13.0. The number of pyridine rings is 1. The molecule has 3 aromatic rings. The van der Waals surface area contributed by atoms with Crippen molar-refractivity contribution in [3.05, 3.63) is 72.4 Å². The molecule has 0 aliphatic heterocycles. The van der Waals surface area contributed by atoms with E-state index in [1.807, 2.05) is 54.6 Å². The number of para-hydroxylation sites is 1. The molecule has 0 bridgehead atoms. The van der Waals surface area contributed by atoms with Gasteiger partial charge in [-0.1, -0.05) is 48.5 Å². The number of rotatable bonds is 5. The van der Waals surface area contributed by atoms with Crippen LogP contribution in [0.5, 0.6) is 0 Å². The zero-order valence-electron chi connectivity index (χ0n) is 15.3. The van der Waals surface area contributed by atoms with Crippen molar-refractivity contribution < 1.29 is 9.59 Å². The van der Waals surface area contributed by atoms with E-state index >= 15 is 0 Å². The van der Waals surface area contributed by atoms with Gasteiger partial charge in [-0.15, -0.1) is 0 Å². The number of urea groups is 1. The summed E-state index contributed by atoms with van der Waals surface area (Å²) in [7, 11) is 3.40. The van der Waals surface area contributed by atoms with Crippen molar-refractivity contribution in [2.24, 2.45) is 0 Å². The molecule has 138 valence electrons. The summed E-state index contributed by atoms with van der Waals surface area (Å²) < 4.78 is 0. The maximum atomic E-state index is 12.6. The summed E-state index contributed by atoms with van der Waals surface area (Å²) in [6, 6.07) is 18.1. The van der Waals surface area contributed by atoms with Crippen LogP contribution in [0, 0.1) is 0 Å². The average molecular weight is 362 g/mol. The molecule has 27 heavy (non-hydrogen) atoms. The minimum atomic E-state index is -0.427. The Balaban J connectivity index is 1.78. The van der Waals surface area contributed by atoms with Gasteiger partial charge in [0.2, 0.25) is 5.91 Å². The fourth-order valence-electron chi connectivity index (χ4n) is 2.82. The third-order valence-electron chi connectivity index (χ3n) is 4.27. The molecule has 0 radical (unpaired) electrons. The van der Waals surface area contributed by atoms with Crippen LogP contribution in [0.1, 0.15) is 18.0 Å². The largest absolute Gasteiger partial charge is 0.349 e. The van der Waals surface area contributed by atoms with Crippen LogP contribution in [0.4, 0.5) is 10.5 Å². The van der Waals surface area contributed by atoms with E-state index in [0.29, 0.717) is 5.69 Å². The third kappa shape index (κ3) is 4.61. The molecule has 0 aliphatic carbocycles. The van der Waals surface area contributed by atoms with E-state index < -0.39 is 6.04 Å². The van der Waals surface area contributed by atoms with Gasteiger partial charge in [-0.2, -0.15) is 0 Å². The van der Waals surface area contributed by atoms with Gasteiger partial charge < -0.3 is 15.5 Å². The number of fused-ring (bicyclic) bond motifs is 1. The average Bonchev–Trinajstić information content (AvgIpc) is 2.68. The Bertz CT molecular complexity index is 936. The standard InChI is InChI=1S/C21H22N4O2/c1-25(2)19(26)14-18(15-8-4-3-5-9-15)24-21(27)23-17-12-6-10-16-11-7-13-22-20(16)17/h3-13,18H,14H2,1-2H3,(H2,23,24,27)/t18-/m0/s1. The van der Waals surface area contributed by atoms with Crippen LogP contribution in [-0.2, 0) is 4.79 Å². The molecule has 0 aliphatic rings. The Morgan fingerprint density at radius 3 is 2.48 bits per heavy atom. The van der Waals surface area contributed by atoms with Gasteiger partial charge in [-0.05, 0) is 17.7 Å². The number of nitrogens with zero attached hydrogens (tertiary/aromatic N) is 2. The van der Waals surface area contributed by atoms with Crippen molar-refractivity contribution in [2.75, 3.05) is 19.4 Å². The highest BCUT2D eigenvalue weighted by Crippen LogP contribution is 2.22. The lowest BCUT2D eigenvalue weighted by molar-refractivity contribution is -0.129. The van der Waals surface area contributed by atoms with E-state index in [9.17, 15) is 9.59 Å². The summed E-state index contributed by atoms with van der Waals surface area (Å²) in [6.45, 7) is 0. The number of carbonyl (C=O) groups is 2. The monoisotopic (exact) mass is 362 g/mol. The highest BCUT2D eigenvalue weighted by Gasteiger charge is 2.19. The maximum absolute atomic E-state index is 12.6. The van der Waals surface area contributed by atoms with Gasteiger partial charge in [-0.3, -0.25) is 9.78 Å². The van der Waals surface area contributed by atoms with Crippen LogP contribution in [0.15, 0.2) is 66.9 Å². The van der Waals surface area contributed by atoms with Gasteiger partial charge in [0.15, 0.2) is 0 Å². The van der Waals surface area contributed by atoms with Gasteiger partial charge >= 0.3 is 6.03 Å². The number of hydrogen-bond acceptors (Lipinski definition) is 3. The molecule has 1 heterocycles. The van der Waals surface area contributed by atoms with Gasteiger partial charge in [-0.25, -0.2) is 4.79 Å². The number of hydrogen-bond donors (Lipinski definition) is 2. The third-order valence-corrected chi connectivity index (χ3v) is 4.27. The summed E-state index contributed by atoms with van der Waals surface area (Å²) in [6.07, 6.45) is 1.87. The van der Waals surface area contributed by atoms with Gasteiger partial charge in [0.05, 0.1) is 23.7 Å². The molecule has 3 amide bonds. The van der Waals surface area contributed by atoms with Crippen LogP contribution in [0.2, 0.25) is 0 Å². The van der Waals surface area contributed by atoms with E-state index in [1.165, 1.54) is 4.90 Å². The van der Waals surface area contributed by atoms with Crippen molar-refractivity contribution in [1.29, 1.82) is 0 Å². The van der Waals surface area contributed by atoms with Gasteiger partial charge in [0.1, 0.15) is 0 Å². The van der Waals surface area contributed by atoms with Crippen LogP contribution in [0.25, 0.3) is 10.9 Å². The summed E-state index contributed by atoms with van der Waals surface area (Å²) in [5.41, 5.74) is 2.21. The summed E-state index contributed by atoms with van der Waals surface area (Å²) >= 11 is 0. The van der Waals surface area contributed by atoms with E-state index in [0.717, 1.165) is 16.5 Å². The summed E-state index contributed by atoms with van der Waals surface area (Å²) in [4.78, 5) is 30.7. The molecule has 0 saturated carbocycles. The van der Waals surface area contributed by atoms with Crippen LogP contribution in [0.3, 0.4) is 0 Å². The zero-order chi connectivity index (χ0) is 19.2. The number of anilines is 1. The van der Waals surface area contributed by atoms with Crippen molar-refractivity contribution in [1.82, 2.24) is 15.2 Å². The highest BCUT2D eigenvalue weighted by molar-refractivity contribution is 5.99. The fourth-order valence-corrected chi connectivity index (χ4v) is 2.82. The lowest BCUT2D eigenvalue weighted by atomic mass is 10.0. The summed E-state index contributed by atoms with van der Waals surface area (Å²) in [5.74, 6) is -0.0593. The Hall–Kier alpha value is -3.41. The van der Waals surface area contributed by atoms with Crippen molar-refractivity contribution in [2.45, 2.75) is 12.5 Å². The second-order valence-electron chi connectivity index (χ2n) is 6.43. The normalized spacial score (nSPS) is 11.6. The quantitative estimate of drug-likeness (QED) is 0.729. The second-order valence-corrected chi connectivity index (χ2v) is 6.43. The van der Waals surface area contributed by atoms with Crippen molar-refractivity contribution in [3.8, 4) is 0 Å². The Kier molecular flexibility index (Phi) is 5.66. The minimum absolute atomic E-state index is 0.0593. The number of benzene rings is 2. The second kappa shape index (κ2) is 8.31. The molecule has 0 spiro atoms. The molecule has 1 atom stereocenters. The van der Waals surface area contributed by atoms with Crippen LogP contribution < -0.4 is 10.6 Å².